The highest BCUT2D eigenvalue weighted by Gasteiger charge is 2.36. The highest BCUT2D eigenvalue weighted by Crippen LogP contribution is 2.31. The summed E-state index contributed by atoms with van der Waals surface area (Å²) in [5.74, 6) is 0. The van der Waals surface area contributed by atoms with Crippen LogP contribution in [0.4, 0.5) is 0 Å². The summed E-state index contributed by atoms with van der Waals surface area (Å²) in [4.78, 5) is 0. The van der Waals surface area contributed by atoms with E-state index in [2.05, 4.69) is 37.8 Å². The number of benzene rings is 1. The second-order valence-corrected chi connectivity index (χ2v) is 6.81. The number of ether oxygens (including phenoxy) is 3. The number of rotatable bonds is 13. The molecule has 0 amide bonds. The van der Waals surface area contributed by atoms with E-state index in [1.807, 2.05) is 6.08 Å². The Balaban J connectivity index is 1.39. The van der Waals surface area contributed by atoms with Gasteiger partial charge in [0, 0.05) is 18.6 Å². The van der Waals surface area contributed by atoms with Crippen molar-refractivity contribution in [3.05, 3.63) is 42.0 Å². The Morgan fingerprint density at radius 2 is 1.71 bits per heavy atom. The van der Waals surface area contributed by atoms with Gasteiger partial charge in [0.1, 0.15) is 0 Å². The molecule has 3 nitrogen and oxygen atoms in total. The summed E-state index contributed by atoms with van der Waals surface area (Å²) in [6.07, 6.45) is 7.70. The molecule has 24 heavy (non-hydrogen) atoms. The topological polar surface area (TPSA) is 27.7 Å². The number of unbranched alkanes of at least 4 members (excludes halogenated alkanes) is 3. The van der Waals surface area contributed by atoms with Gasteiger partial charge in [0.2, 0.25) is 0 Å². The molecule has 2 rings (SSSR count). The summed E-state index contributed by atoms with van der Waals surface area (Å²) < 4.78 is 16.9. The van der Waals surface area contributed by atoms with Crippen molar-refractivity contribution < 1.29 is 14.2 Å². The number of hydrogen-bond donors (Lipinski definition) is 0. The lowest BCUT2D eigenvalue weighted by Gasteiger charge is -2.40. The number of hydrogen-bond acceptors (Lipinski definition) is 3. The van der Waals surface area contributed by atoms with Crippen molar-refractivity contribution in [3.63, 3.8) is 0 Å². The SMILES string of the molecule is C=Cc1ccc(COCCCCCCOCC2(CC)COC2)cc1. The monoisotopic (exact) mass is 332 g/mol. The summed E-state index contributed by atoms with van der Waals surface area (Å²) in [7, 11) is 0. The van der Waals surface area contributed by atoms with Crippen LogP contribution < -0.4 is 0 Å². The van der Waals surface area contributed by atoms with Crippen LogP contribution >= 0.6 is 0 Å². The lowest BCUT2D eigenvalue weighted by atomic mass is 9.84. The molecule has 3 heteroatoms. The highest BCUT2D eigenvalue weighted by molar-refractivity contribution is 5.47. The molecule has 0 unspecified atom stereocenters. The Hall–Kier alpha value is -1.16. The summed E-state index contributed by atoms with van der Waals surface area (Å²) in [6.45, 7) is 11.0. The standard InChI is InChI=1S/C21H32O3/c1-3-19-9-11-20(12-10-19)15-22-13-7-5-6-8-14-23-16-21(4-2)17-24-18-21/h3,9-12H,1,4-8,13-18H2,2H3. The second-order valence-electron chi connectivity index (χ2n) is 6.81. The minimum Gasteiger partial charge on any atom is -0.381 e. The Labute approximate surface area is 147 Å². The lowest BCUT2D eigenvalue weighted by molar-refractivity contribution is -0.150. The first-order chi connectivity index (χ1) is 11.8. The van der Waals surface area contributed by atoms with E-state index in [1.54, 1.807) is 0 Å². The van der Waals surface area contributed by atoms with Gasteiger partial charge in [-0.2, -0.15) is 0 Å². The van der Waals surface area contributed by atoms with Crippen LogP contribution in [0.25, 0.3) is 6.08 Å². The van der Waals surface area contributed by atoms with E-state index in [1.165, 1.54) is 18.4 Å². The molecule has 0 saturated carbocycles. The average molecular weight is 332 g/mol. The van der Waals surface area contributed by atoms with Crippen molar-refractivity contribution in [2.24, 2.45) is 5.41 Å². The molecule has 1 saturated heterocycles. The van der Waals surface area contributed by atoms with Crippen molar-refractivity contribution in [2.75, 3.05) is 33.0 Å². The van der Waals surface area contributed by atoms with Crippen molar-refractivity contribution in [1.82, 2.24) is 0 Å². The van der Waals surface area contributed by atoms with Crippen LogP contribution in [0.3, 0.4) is 0 Å². The van der Waals surface area contributed by atoms with Gasteiger partial charge < -0.3 is 14.2 Å². The molecule has 0 bridgehead atoms. The van der Waals surface area contributed by atoms with E-state index < -0.39 is 0 Å². The zero-order valence-corrected chi connectivity index (χ0v) is 15.1. The zero-order chi connectivity index (χ0) is 17.1. The van der Waals surface area contributed by atoms with Gasteiger partial charge in [0.05, 0.1) is 26.4 Å². The van der Waals surface area contributed by atoms with Crippen molar-refractivity contribution in [2.45, 2.75) is 45.6 Å². The quantitative estimate of drug-likeness (QED) is 0.483. The Morgan fingerprint density at radius 1 is 1.04 bits per heavy atom. The Kier molecular flexibility index (Phi) is 8.51. The molecule has 1 aliphatic heterocycles. The van der Waals surface area contributed by atoms with Crippen molar-refractivity contribution in [3.8, 4) is 0 Å². The summed E-state index contributed by atoms with van der Waals surface area (Å²) in [5.41, 5.74) is 2.69. The third kappa shape index (κ3) is 6.39. The molecule has 0 N–H and O–H groups in total. The first-order valence-electron chi connectivity index (χ1n) is 9.23. The van der Waals surface area contributed by atoms with Gasteiger partial charge in [-0.1, -0.05) is 56.7 Å². The predicted molar refractivity (Wildman–Crippen MR) is 99.0 cm³/mol. The third-order valence-corrected chi connectivity index (χ3v) is 4.79. The minimum atomic E-state index is 0.317. The maximum Gasteiger partial charge on any atom is 0.0716 e. The van der Waals surface area contributed by atoms with Gasteiger partial charge in [0.25, 0.3) is 0 Å². The molecule has 134 valence electrons. The molecule has 1 aromatic carbocycles. The first kappa shape index (κ1) is 19.2. The van der Waals surface area contributed by atoms with Gasteiger partial charge in [-0.25, -0.2) is 0 Å². The smallest absolute Gasteiger partial charge is 0.0716 e. The fourth-order valence-electron chi connectivity index (χ4n) is 2.77. The highest BCUT2D eigenvalue weighted by atomic mass is 16.5. The Morgan fingerprint density at radius 3 is 2.25 bits per heavy atom. The van der Waals surface area contributed by atoms with Gasteiger partial charge in [-0.3, -0.25) is 0 Å². The first-order valence-corrected chi connectivity index (χ1v) is 9.23. The van der Waals surface area contributed by atoms with E-state index in [0.29, 0.717) is 12.0 Å². The van der Waals surface area contributed by atoms with Crippen LogP contribution in [-0.2, 0) is 20.8 Å². The van der Waals surface area contributed by atoms with Crippen LogP contribution in [0.5, 0.6) is 0 Å². The van der Waals surface area contributed by atoms with Gasteiger partial charge in [0.15, 0.2) is 0 Å². The lowest BCUT2D eigenvalue weighted by Crippen LogP contribution is -2.45. The predicted octanol–water partition coefficient (Wildman–Crippen LogP) is 4.85. The van der Waals surface area contributed by atoms with E-state index in [0.717, 1.165) is 57.9 Å². The molecule has 1 fully saturated rings. The van der Waals surface area contributed by atoms with Crippen molar-refractivity contribution in [1.29, 1.82) is 0 Å². The Bertz CT molecular complexity index is 457. The fraction of sp³-hybridized carbons (Fsp3) is 0.619. The van der Waals surface area contributed by atoms with Gasteiger partial charge in [-0.05, 0) is 30.4 Å². The molecule has 1 aromatic rings. The van der Waals surface area contributed by atoms with Crippen LogP contribution in [0.15, 0.2) is 30.8 Å². The largest absolute Gasteiger partial charge is 0.381 e. The molecule has 0 atom stereocenters. The molecule has 0 spiro atoms. The fourth-order valence-corrected chi connectivity index (χ4v) is 2.77. The summed E-state index contributed by atoms with van der Waals surface area (Å²) in [6, 6.07) is 8.35. The average Bonchev–Trinajstić information content (AvgIpc) is 2.59. The van der Waals surface area contributed by atoms with Crippen LogP contribution in [0.1, 0.15) is 50.2 Å². The van der Waals surface area contributed by atoms with Crippen LogP contribution in [-0.4, -0.2) is 33.0 Å². The normalized spacial score (nSPS) is 15.9. The van der Waals surface area contributed by atoms with E-state index in [-0.39, 0.29) is 0 Å². The van der Waals surface area contributed by atoms with Crippen molar-refractivity contribution >= 4 is 6.08 Å². The van der Waals surface area contributed by atoms with E-state index >= 15 is 0 Å². The van der Waals surface area contributed by atoms with E-state index in [4.69, 9.17) is 14.2 Å². The maximum atomic E-state index is 5.82. The minimum absolute atomic E-state index is 0.317. The maximum absolute atomic E-state index is 5.82. The molecular formula is C21H32O3. The molecule has 1 aliphatic rings. The molecule has 0 aliphatic carbocycles. The summed E-state index contributed by atoms with van der Waals surface area (Å²) in [5, 5.41) is 0. The zero-order valence-electron chi connectivity index (χ0n) is 15.1. The van der Waals surface area contributed by atoms with E-state index in [9.17, 15) is 0 Å². The molecule has 0 aromatic heterocycles. The molecule has 1 heterocycles. The van der Waals surface area contributed by atoms with Gasteiger partial charge >= 0.3 is 0 Å². The van der Waals surface area contributed by atoms with Crippen LogP contribution in [0.2, 0.25) is 0 Å². The van der Waals surface area contributed by atoms with Crippen LogP contribution in [0, 0.1) is 5.41 Å². The second kappa shape index (κ2) is 10.7. The molecular weight excluding hydrogens is 300 g/mol. The summed E-state index contributed by atoms with van der Waals surface area (Å²) >= 11 is 0. The third-order valence-electron chi connectivity index (χ3n) is 4.79. The van der Waals surface area contributed by atoms with Gasteiger partial charge in [-0.15, -0.1) is 0 Å². The molecule has 0 radical (unpaired) electrons.